The first-order valence-electron chi connectivity index (χ1n) is 10.8. The molecule has 5 nitrogen and oxygen atoms in total. The lowest BCUT2D eigenvalue weighted by Crippen LogP contribution is -2.26. The minimum Gasteiger partial charge on any atom is -0.380 e. The van der Waals surface area contributed by atoms with Gasteiger partial charge in [0.25, 0.3) is 5.56 Å². The molecular formula is C24H29F2N3O2. The second-order valence-corrected chi connectivity index (χ2v) is 8.79. The Bertz CT molecular complexity index is 1130. The second-order valence-electron chi connectivity index (χ2n) is 8.79. The number of imidazole rings is 1. The topological polar surface area (TPSA) is 49.1 Å². The molecule has 0 aliphatic heterocycles. The molecule has 2 aromatic heterocycles. The molecular weight excluding hydrogens is 400 g/mol. The number of methoxy groups -OCH3 is 1. The van der Waals surface area contributed by atoms with Crippen molar-refractivity contribution < 1.29 is 13.5 Å². The van der Waals surface area contributed by atoms with Crippen LogP contribution in [0.15, 0.2) is 35.3 Å². The third-order valence-electron chi connectivity index (χ3n) is 6.40. The molecule has 31 heavy (non-hydrogen) atoms. The number of ether oxygens (including phenoxy) is 1. The van der Waals surface area contributed by atoms with E-state index in [0.29, 0.717) is 24.9 Å². The van der Waals surface area contributed by atoms with Crippen LogP contribution in [0.4, 0.5) is 8.78 Å². The van der Waals surface area contributed by atoms with Gasteiger partial charge in [-0.1, -0.05) is 6.07 Å². The second kappa shape index (κ2) is 8.19. The van der Waals surface area contributed by atoms with Crippen molar-refractivity contribution in [3.63, 3.8) is 0 Å². The molecule has 1 atom stereocenters. The van der Waals surface area contributed by atoms with Gasteiger partial charge in [-0.3, -0.25) is 4.79 Å². The number of hydrogen-bond acceptors (Lipinski definition) is 3. The third kappa shape index (κ3) is 4.28. The molecule has 1 fully saturated rings. The van der Waals surface area contributed by atoms with Crippen LogP contribution in [-0.4, -0.2) is 33.3 Å². The summed E-state index contributed by atoms with van der Waals surface area (Å²) >= 11 is 0. The van der Waals surface area contributed by atoms with Crippen molar-refractivity contribution in [2.45, 2.75) is 64.0 Å². The van der Waals surface area contributed by atoms with Gasteiger partial charge in [0.05, 0.1) is 23.7 Å². The van der Waals surface area contributed by atoms with Crippen molar-refractivity contribution in [1.82, 2.24) is 14.1 Å². The molecule has 1 aromatic carbocycles. The first-order valence-corrected chi connectivity index (χ1v) is 10.8. The Labute approximate surface area is 180 Å². The lowest BCUT2D eigenvalue weighted by molar-refractivity contribution is -0.0390. The Morgan fingerprint density at radius 2 is 1.94 bits per heavy atom. The predicted molar refractivity (Wildman–Crippen MR) is 118 cm³/mol. The molecule has 0 bridgehead atoms. The Balaban J connectivity index is 1.80. The van der Waals surface area contributed by atoms with Crippen molar-refractivity contribution in [3.8, 4) is 11.1 Å². The van der Waals surface area contributed by atoms with Gasteiger partial charge in [-0.25, -0.2) is 13.8 Å². The van der Waals surface area contributed by atoms with Crippen LogP contribution in [0.2, 0.25) is 0 Å². The van der Waals surface area contributed by atoms with Gasteiger partial charge < -0.3 is 13.9 Å². The number of nitrogens with zero attached hydrogens (tertiary/aromatic N) is 3. The molecule has 4 rings (SSSR count). The molecule has 0 N–H and O–H groups in total. The highest BCUT2D eigenvalue weighted by molar-refractivity contribution is 5.82. The molecule has 0 radical (unpaired) electrons. The monoisotopic (exact) mass is 429 g/mol. The van der Waals surface area contributed by atoms with E-state index < -0.39 is 5.92 Å². The van der Waals surface area contributed by atoms with Crippen molar-refractivity contribution >= 4 is 11.0 Å². The van der Waals surface area contributed by atoms with Crippen LogP contribution < -0.4 is 5.56 Å². The Morgan fingerprint density at radius 3 is 2.58 bits per heavy atom. The highest BCUT2D eigenvalue weighted by atomic mass is 19.3. The predicted octanol–water partition coefficient (Wildman–Crippen LogP) is 5.04. The van der Waals surface area contributed by atoms with Gasteiger partial charge in [-0.05, 0) is 56.0 Å². The van der Waals surface area contributed by atoms with Gasteiger partial charge in [0.1, 0.15) is 5.82 Å². The first kappa shape index (κ1) is 21.7. The summed E-state index contributed by atoms with van der Waals surface area (Å²) in [6.45, 7) is 4.40. The molecule has 166 valence electrons. The van der Waals surface area contributed by atoms with Gasteiger partial charge in [0.2, 0.25) is 5.92 Å². The van der Waals surface area contributed by atoms with Crippen LogP contribution in [0, 0.1) is 6.92 Å². The summed E-state index contributed by atoms with van der Waals surface area (Å²) in [5, 5.41) is 0. The molecule has 2 heterocycles. The number of fused-ring (bicyclic) bond motifs is 1. The Morgan fingerprint density at radius 1 is 1.23 bits per heavy atom. The van der Waals surface area contributed by atoms with Crippen molar-refractivity contribution in [3.05, 3.63) is 52.2 Å². The fraction of sp³-hybridized carbons (Fsp3) is 0.500. The minimum absolute atomic E-state index is 0.0133. The number of rotatable bonds is 5. The van der Waals surface area contributed by atoms with E-state index in [-0.39, 0.29) is 30.4 Å². The van der Waals surface area contributed by atoms with Crippen LogP contribution in [0.25, 0.3) is 22.2 Å². The summed E-state index contributed by atoms with van der Waals surface area (Å²) in [5.41, 5.74) is 4.42. The Hall–Kier alpha value is -2.54. The van der Waals surface area contributed by atoms with Crippen LogP contribution >= 0.6 is 0 Å². The maximum atomic E-state index is 13.7. The molecule has 1 aliphatic carbocycles. The zero-order chi connectivity index (χ0) is 22.3. The number of alkyl halides is 2. The van der Waals surface area contributed by atoms with Crippen molar-refractivity contribution in [2.75, 3.05) is 7.11 Å². The maximum Gasteiger partial charge on any atom is 0.253 e. The zero-order valence-corrected chi connectivity index (χ0v) is 18.5. The number of aromatic nitrogens is 3. The maximum absolute atomic E-state index is 13.7. The quantitative estimate of drug-likeness (QED) is 0.571. The molecule has 0 spiro atoms. The smallest absolute Gasteiger partial charge is 0.253 e. The number of hydrogen-bond donors (Lipinski definition) is 0. The van der Waals surface area contributed by atoms with Crippen LogP contribution in [0.3, 0.4) is 0 Å². The normalized spacial score (nSPS) is 17.9. The molecule has 1 unspecified atom stereocenters. The SMILES string of the molecule is COC(C)Cn1c(C2CCC(F)(F)CC2)nc2ccc(-c3cc(C)c(=O)n(C)c3)cc21. The first-order chi connectivity index (χ1) is 14.7. The van der Waals surface area contributed by atoms with Gasteiger partial charge in [0.15, 0.2) is 0 Å². The van der Waals surface area contributed by atoms with E-state index in [1.54, 1.807) is 18.7 Å². The highest BCUT2D eigenvalue weighted by Crippen LogP contribution is 2.41. The lowest BCUT2D eigenvalue weighted by Gasteiger charge is -2.28. The summed E-state index contributed by atoms with van der Waals surface area (Å²) in [5.74, 6) is -1.69. The number of halogens is 2. The average molecular weight is 430 g/mol. The van der Waals surface area contributed by atoms with E-state index in [2.05, 4.69) is 10.6 Å². The summed E-state index contributed by atoms with van der Waals surface area (Å²) < 4.78 is 36.7. The molecule has 3 aromatic rings. The molecule has 0 amide bonds. The van der Waals surface area contributed by atoms with Crippen LogP contribution in [0.1, 0.15) is 49.9 Å². The molecule has 1 aliphatic rings. The zero-order valence-electron chi connectivity index (χ0n) is 18.5. The molecule has 0 saturated heterocycles. The van der Waals surface area contributed by atoms with Gasteiger partial charge in [-0.15, -0.1) is 0 Å². The molecule has 7 heteroatoms. The van der Waals surface area contributed by atoms with Crippen molar-refractivity contribution in [2.24, 2.45) is 7.05 Å². The van der Waals surface area contributed by atoms with E-state index in [1.165, 1.54) is 0 Å². The minimum atomic E-state index is -2.57. The molecule has 1 saturated carbocycles. The summed E-state index contributed by atoms with van der Waals surface area (Å²) in [7, 11) is 3.42. The fourth-order valence-corrected chi connectivity index (χ4v) is 4.49. The van der Waals surface area contributed by atoms with Gasteiger partial charge in [0, 0.05) is 44.7 Å². The summed E-state index contributed by atoms with van der Waals surface area (Å²) in [6, 6.07) is 7.94. The largest absolute Gasteiger partial charge is 0.380 e. The Kier molecular flexibility index (Phi) is 5.73. The number of pyridine rings is 1. The lowest BCUT2D eigenvalue weighted by atomic mass is 9.86. The number of benzene rings is 1. The average Bonchev–Trinajstić information content (AvgIpc) is 3.09. The van der Waals surface area contributed by atoms with Crippen LogP contribution in [-0.2, 0) is 18.3 Å². The van der Waals surface area contributed by atoms with Gasteiger partial charge >= 0.3 is 0 Å². The van der Waals surface area contributed by atoms with Crippen LogP contribution in [0.5, 0.6) is 0 Å². The standard InChI is InChI=1S/C24H29F2N3O2/c1-15-11-19(14-28(3)23(15)30)18-5-6-20-21(12-18)29(13-16(2)31-4)22(27-20)17-7-9-24(25,26)10-8-17/h5-6,11-12,14,16-17H,7-10,13H2,1-4H3. The summed E-state index contributed by atoms with van der Waals surface area (Å²) in [4.78, 5) is 16.9. The van der Waals surface area contributed by atoms with E-state index in [0.717, 1.165) is 28.0 Å². The fourth-order valence-electron chi connectivity index (χ4n) is 4.49. The van der Waals surface area contributed by atoms with E-state index in [4.69, 9.17) is 9.72 Å². The third-order valence-corrected chi connectivity index (χ3v) is 6.40. The summed E-state index contributed by atoms with van der Waals surface area (Å²) in [6.07, 6.45) is 2.48. The highest BCUT2D eigenvalue weighted by Gasteiger charge is 2.37. The van der Waals surface area contributed by atoms with E-state index in [9.17, 15) is 13.6 Å². The van der Waals surface area contributed by atoms with Gasteiger partial charge in [-0.2, -0.15) is 0 Å². The van der Waals surface area contributed by atoms with E-state index >= 15 is 0 Å². The number of aryl methyl sites for hydroxylation is 2. The van der Waals surface area contributed by atoms with Crippen molar-refractivity contribution in [1.29, 1.82) is 0 Å². The van der Waals surface area contributed by atoms with E-state index in [1.807, 2.05) is 38.2 Å².